The molecule has 0 unspecified atom stereocenters. The quantitative estimate of drug-likeness (QED) is 0.165. The molecule has 0 saturated carbocycles. The molecule has 81 heavy (non-hydrogen) atoms. The smallest absolute Gasteiger partial charge is 0.137 e. The molecule has 0 fully saturated rings. The molecule has 8 aromatic carbocycles. The molecule has 0 atom stereocenters. The number of rotatable bonds is 6. The third kappa shape index (κ3) is 7.86. The summed E-state index contributed by atoms with van der Waals surface area (Å²) in [6, 6.07) is 57.2. The maximum absolute atomic E-state index is 7.09. The van der Waals surface area contributed by atoms with Crippen molar-refractivity contribution in [3.8, 4) is 0 Å². The Balaban J connectivity index is 1.09. The van der Waals surface area contributed by atoms with E-state index in [0.29, 0.717) is 0 Å². The standard InChI is InChI=1S/C78H86N2O/c1-47-38-51(79(49-30-32-58-64(42-49)77(15,16)56-26-21-19-24-54(56)75(58,11)12)50-31-33-59-65(43-50)78(17,18)57-27-22-20-25-55(57)76(59,13)14)41-52(39-47)80(67-45-62-60(40-48(67)2)71(3,4)34-36-73(62,7)8)66-28-23-29-68-70(66)53-44-61-63(46-69(53)81-68)74(9,10)37-35-72(61,5)6/h19-33,38-46H,34-37H2,1-18H3. The second-order valence-corrected chi connectivity index (χ2v) is 30.1. The first kappa shape index (κ1) is 53.5. The lowest BCUT2D eigenvalue weighted by molar-refractivity contribution is 0.332. The predicted octanol–water partition coefficient (Wildman–Crippen LogP) is 21.8. The van der Waals surface area contributed by atoms with Gasteiger partial charge >= 0.3 is 0 Å². The highest BCUT2D eigenvalue weighted by Gasteiger charge is 2.45. The normalized spacial score (nSPS) is 19.6. The molecule has 1 aromatic heterocycles. The molecule has 13 rings (SSSR count). The highest BCUT2D eigenvalue weighted by Crippen LogP contribution is 2.57. The Hall–Kier alpha value is -6.84. The summed E-state index contributed by atoms with van der Waals surface area (Å²) in [4.78, 5) is 5.19. The Bertz CT molecular complexity index is 3990. The van der Waals surface area contributed by atoms with E-state index in [-0.39, 0.29) is 43.3 Å². The molecule has 0 N–H and O–H groups in total. The first-order valence-electron chi connectivity index (χ1n) is 30.3. The second kappa shape index (κ2) is 17.4. The number of nitrogens with zero attached hydrogens (tertiary/aromatic N) is 2. The van der Waals surface area contributed by atoms with E-state index in [2.05, 4.69) is 280 Å². The Kier molecular flexibility index (Phi) is 11.5. The summed E-state index contributed by atoms with van der Waals surface area (Å²) in [5.41, 5.74) is 27.5. The van der Waals surface area contributed by atoms with Crippen LogP contribution in [0.5, 0.6) is 0 Å². The number of hydrogen-bond donors (Lipinski definition) is 0. The lowest BCUT2D eigenvalue weighted by Crippen LogP contribution is -2.37. The molecule has 0 saturated heterocycles. The van der Waals surface area contributed by atoms with Crippen LogP contribution in [0.4, 0.5) is 34.1 Å². The van der Waals surface area contributed by atoms with Gasteiger partial charge in [-0.3, -0.25) is 0 Å². The van der Waals surface area contributed by atoms with Crippen molar-refractivity contribution in [1.29, 1.82) is 0 Å². The molecule has 0 aliphatic heterocycles. The number of benzene rings is 8. The van der Waals surface area contributed by atoms with Crippen LogP contribution in [0.25, 0.3) is 21.9 Å². The van der Waals surface area contributed by atoms with Gasteiger partial charge in [0.2, 0.25) is 0 Å². The lowest BCUT2D eigenvalue weighted by atomic mass is 9.60. The molecule has 4 aliphatic rings. The number of anilines is 6. The summed E-state index contributed by atoms with van der Waals surface area (Å²) >= 11 is 0. The Morgan fingerprint density at radius 3 is 1.20 bits per heavy atom. The average molecular weight is 1070 g/mol. The molecular weight excluding hydrogens is 981 g/mol. The summed E-state index contributed by atoms with van der Waals surface area (Å²) in [7, 11) is 0. The summed E-state index contributed by atoms with van der Waals surface area (Å²) in [5, 5.41) is 2.34. The Morgan fingerprint density at radius 1 is 0.309 bits per heavy atom. The van der Waals surface area contributed by atoms with E-state index in [1.807, 2.05) is 0 Å². The molecule has 0 bridgehead atoms. The van der Waals surface area contributed by atoms with Crippen LogP contribution >= 0.6 is 0 Å². The van der Waals surface area contributed by atoms with Crippen LogP contribution in [0.2, 0.25) is 0 Å². The van der Waals surface area contributed by atoms with E-state index in [9.17, 15) is 0 Å². The van der Waals surface area contributed by atoms with Gasteiger partial charge in [-0.1, -0.05) is 184 Å². The van der Waals surface area contributed by atoms with E-state index in [1.54, 1.807) is 0 Å². The van der Waals surface area contributed by atoms with Crippen LogP contribution in [-0.2, 0) is 43.3 Å². The number of furan rings is 1. The second-order valence-electron chi connectivity index (χ2n) is 30.1. The highest BCUT2D eigenvalue weighted by molar-refractivity contribution is 6.14. The maximum Gasteiger partial charge on any atom is 0.137 e. The lowest BCUT2D eigenvalue weighted by Gasteiger charge is -2.45. The van der Waals surface area contributed by atoms with Gasteiger partial charge in [0.05, 0.1) is 11.1 Å². The fourth-order valence-electron chi connectivity index (χ4n) is 16.1. The number of hydrogen-bond acceptors (Lipinski definition) is 3. The van der Waals surface area contributed by atoms with Gasteiger partial charge in [-0.05, 0) is 212 Å². The zero-order valence-electron chi connectivity index (χ0n) is 52.0. The van der Waals surface area contributed by atoms with E-state index >= 15 is 0 Å². The molecule has 1 heterocycles. The van der Waals surface area contributed by atoms with Crippen molar-refractivity contribution in [1.82, 2.24) is 0 Å². The Morgan fingerprint density at radius 2 is 0.716 bits per heavy atom. The number of aryl methyl sites for hydroxylation is 2. The SMILES string of the molecule is Cc1cc(N(c2ccc3c(c2)C(C)(C)c2ccccc2C3(C)C)c2ccc3c(c2)C(C)(C)c2ccccc2C3(C)C)cc(N(c2cc3c(cc2C)C(C)(C)CCC3(C)C)c2cccc3oc4cc5c(cc4c23)C(C)(C)CCC5(C)C)c1. The fraction of sp³-hybridized carbons (Fsp3) is 0.385. The van der Waals surface area contributed by atoms with Gasteiger partial charge in [-0.2, -0.15) is 0 Å². The summed E-state index contributed by atoms with van der Waals surface area (Å²) in [6.45, 7) is 43.5. The molecule has 3 nitrogen and oxygen atoms in total. The zero-order valence-corrected chi connectivity index (χ0v) is 52.0. The van der Waals surface area contributed by atoms with Crippen LogP contribution in [0.3, 0.4) is 0 Å². The van der Waals surface area contributed by atoms with Crippen molar-refractivity contribution >= 4 is 56.1 Å². The monoisotopic (exact) mass is 1070 g/mol. The minimum Gasteiger partial charge on any atom is -0.456 e. The van der Waals surface area contributed by atoms with Gasteiger partial charge in [-0.25, -0.2) is 0 Å². The first-order chi connectivity index (χ1) is 37.9. The van der Waals surface area contributed by atoms with Gasteiger partial charge < -0.3 is 14.2 Å². The summed E-state index contributed by atoms with van der Waals surface area (Å²) < 4.78 is 7.09. The summed E-state index contributed by atoms with van der Waals surface area (Å²) in [5.74, 6) is 0. The first-order valence-corrected chi connectivity index (χ1v) is 30.3. The van der Waals surface area contributed by atoms with Crippen molar-refractivity contribution in [2.45, 2.75) is 194 Å². The van der Waals surface area contributed by atoms with Crippen molar-refractivity contribution in [2.75, 3.05) is 9.80 Å². The van der Waals surface area contributed by atoms with Gasteiger partial charge in [0.25, 0.3) is 0 Å². The van der Waals surface area contributed by atoms with E-state index in [1.165, 1.54) is 89.0 Å². The fourth-order valence-corrected chi connectivity index (χ4v) is 16.1. The molecule has 3 heteroatoms. The van der Waals surface area contributed by atoms with E-state index in [4.69, 9.17) is 4.42 Å². The minimum atomic E-state index is -0.230. The van der Waals surface area contributed by atoms with Gasteiger partial charge in [0.15, 0.2) is 0 Å². The van der Waals surface area contributed by atoms with Crippen LogP contribution < -0.4 is 9.80 Å². The van der Waals surface area contributed by atoms with Crippen LogP contribution in [0.1, 0.15) is 214 Å². The molecule has 414 valence electrons. The summed E-state index contributed by atoms with van der Waals surface area (Å²) in [6.07, 6.45) is 4.60. The maximum atomic E-state index is 7.09. The molecule has 4 aliphatic carbocycles. The minimum absolute atomic E-state index is 0.00391. The molecule has 9 aromatic rings. The van der Waals surface area contributed by atoms with Crippen LogP contribution in [-0.4, -0.2) is 0 Å². The van der Waals surface area contributed by atoms with Crippen molar-refractivity contribution in [2.24, 2.45) is 0 Å². The average Bonchev–Trinajstić information content (AvgIpc) is 3.82. The molecule has 0 spiro atoms. The van der Waals surface area contributed by atoms with E-state index < -0.39 is 0 Å². The predicted molar refractivity (Wildman–Crippen MR) is 345 cm³/mol. The van der Waals surface area contributed by atoms with Gasteiger partial charge in [0.1, 0.15) is 11.2 Å². The zero-order chi connectivity index (χ0) is 57.5. The largest absolute Gasteiger partial charge is 0.456 e. The molecule has 0 amide bonds. The van der Waals surface area contributed by atoms with Crippen LogP contribution in [0.15, 0.2) is 150 Å². The van der Waals surface area contributed by atoms with Crippen molar-refractivity contribution in [3.63, 3.8) is 0 Å². The topological polar surface area (TPSA) is 19.6 Å². The third-order valence-electron chi connectivity index (χ3n) is 21.4. The molecular formula is C78H86N2O. The van der Waals surface area contributed by atoms with Crippen LogP contribution in [0, 0.1) is 13.8 Å². The Labute approximate surface area is 484 Å². The highest BCUT2D eigenvalue weighted by atomic mass is 16.3. The molecule has 0 radical (unpaired) electrons. The number of fused-ring (bicyclic) bond motifs is 9. The van der Waals surface area contributed by atoms with Crippen molar-refractivity contribution in [3.05, 3.63) is 223 Å². The van der Waals surface area contributed by atoms with Gasteiger partial charge in [-0.15, -0.1) is 0 Å². The third-order valence-corrected chi connectivity index (χ3v) is 21.4. The van der Waals surface area contributed by atoms with E-state index in [0.717, 1.165) is 70.7 Å². The van der Waals surface area contributed by atoms with Gasteiger partial charge in [0, 0.05) is 55.5 Å². The van der Waals surface area contributed by atoms with Crippen molar-refractivity contribution < 1.29 is 4.42 Å².